The van der Waals surface area contributed by atoms with Gasteiger partial charge in [-0.15, -0.1) is 0 Å². The number of nitrogen functional groups attached to an aromatic ring is 2. The van der Waals surface area contributed by atoms with Crippen LogP contribution < -0.4 is 11.5 Å². The lowest BCUT2D eigenvalue weighted by Gasteiger charge is -2.28. The molecule has 25 heavy (non-hydrogen) atoms. The molecule has 0 saturated heterocycles. The van der Waals surface area contributed by atoms with Crippen LogP contribution in [0.4, 0.5) is 11.4 Å². The molecule has 0 unspecified atom stereocenters. The Morgan fingerprint density at radius 1 is 0.760 bits per heavy atom. The number of hydrogen-bond donors (Lipinski definition) is 2. The van der Waals surface area contributed by atoms with Gasteiger partial charge in [0.1, 0.15) is 0 Å². The Balaban J connectivity index is 0.00000312. The molecule has 0 aliphatic rings. The van der Waals surface area contributed by atoms with Crippen molar-refractivity contribution >= 4 is 11.4 Å². The highest BCUT2D eigenvalue weighted by Gasteiger charge is 2.24. The van der Waals surface area contributed by atoms with Gasteiger partial charge in [0.15, 0.2) is 0 Å². The summed E-state index contributed by atoms with van der Waals surface area (Å²) < 4.78 is 0. The Morgan fingerprint density at radius 3 is 1.48 bits per heavy atom. The van der Waals surface area contributed by atoms with E-state index in [4.69, 9.17) is 11.5 Å². The van der Waals surface area contributed by atoms with Gasteiger partial charge < -0.3 is 11.5 Å². The zero-order valence-corrected chi connectivity index (χ0v) is 16.0. The summed E-state index contributed by atoms with van der Waals surface area (Å²) in [6, 6.07) is 8.28. The van der Waals surface area contributed by atoms with Gasteiger partial charge >= 0.3 is 0 Å². The molecular weight excluding hydrogens is 304 g/mol. The van der Waals surface area contributed by atoms with E-state index < -0.39 is 0 Å². The minimum atomic E-state index is 0. The molecule has 2 rings (SSSR count). The fourth-order valence-corrected chi connectivity index (χ4v) is 3.97. The molecule has 0 bridgehead atoms. The summed E-state index contributed by atoms with van der Waals surface area (Å²) in [4.78, 5) is 0. The summed E-state index contributed by atoms with van der Waals surface area (Å²) in [5.41, 5.74) is 22.5. The van der Waals surface area contributed by atoms with Crippen LogP contribution in [0.1, 0.15) is 83.1 Å². The van der Waals surface area contributed by atoms with Gasteiger partial charge in [0.05, 0.1) is 0 Å². The van der Waals surface area contributed by atoms with Gasteiger partial charge in [-0.2, -0.15) is 0 Å². The molecule has 2 aromatic carbocycles. The van der Waals surface area contributed by atoms with Crippen LogP contribution in [0, 0.1) is 0 Å². The molecule has 0 aliphatic carbocycles. The highest BCUT2D eigenvalue weighted by molar-refractivity contribution is 5.80. The Hall–Kier alpha value is -1.96. The maximum atomic E-state index is 6.69. The lowest BCUT2D eigenvalue weighted by Crippen LogP contribution is -2.12. The van der Waals surface area contributed by atoms with Crippen LogP contribution in [0.15, 0.2) is 24.3 Å². The van der Waals surface area contributed by atoms with E-state index in [0.717, 1.165) is 24.2 Å². The molecule has 0 spiro atoms. The first kappa shape index (κ1) is 21.1. The molecule has 0 aliphatic heterocycles. The quantitative estimate of drug-likeness (QED) is 0.608. The maximum absolute atomic E-state index is 6.69. The summed E-state index contributed by atoms with van der Waals surface area (Å²) >= 11 is 0. The number of rotatable bonds is 5. The van der Waals surface area contributed by atoms with Crippen molar-refractivity contribution in [3.8, 4) is 11.1 Å². The number of hydrogen-bond acceptors (Lipinski definition) is 2. The van der Waals surface area contributed by atoms with Crippen LogP contribution in [0.5, 0.6) is 0 Å². The Bertz CT molecular complexity index is 673. The van der Waals surface area contributed by atoms with E-state index in [0.29, 0.717) is 11.8 Å². The Labute approximate surface area is 154 Å². The summed E-state index contributed by atoms with van der Waals surface area (Å²) in [6.45, 7) is 13.4. The third-order valence-electron chi connectivity index (χ3n) is 4.90. The van der Waals surface area contributed by atoms with Gasteiger partial charge in [0.25, 0.3) is 0 Å². The predicted molar refractivity (Wildman–Crippen MR) is 114 cm³/mol. The van der Waals surface area contributed by atoms with Crippen molar-refractivity contribution in [1.82, 2.24) is 0 Å². The number of anilines is 2. The van der Waals surface area contributed by atoms with Crippen molar-refractivity contribution in [2.45, 2.75) is 73.6 Å². The van der Waals surface area contributed by atoms with E-state index in [-0.39, 0.29) is 7.43 Å². The average molecular weight is 341 g/mol. The largest absolute Gasteiger partial charge is 0.399 e. The van der Waals surface area contributed by atoms with Gasteiger partial charge in [-0.3, -0.25) is 0 Å². The van der Waals surface area contributed by atoms with Crippen LogP contribution in [-0.4, -0.2) is 0 Å². The molecular formula is C23H36N2. The van der Waals surface area contributed by atoms with Crippen LogP contribution >= 0.6 is 0 Å². The SMILES string of the molecule is C.CCc1c(-c2ccc(N)cc2)c(CC)c(C(C)C)c(N)c1C(C)C. The standard InChI is InChI=1S/C22H32N2.CH4/c1-7-17-19(13(3)4)22(24)20(14(5)6)18(8-2)21(17)15-9-11-16(23)12-10-15;/h9-14H,7-8,23-24H2,1-6H3;1H4. The molecule has 0 aromatic heterocycles. The lowest BCUT2D eigenvalue weighted by atomic mass is 9.78. The Kier molecular flexibility index (Phi) is 7.10. The second kappa shape index (κ2) is 8.42. The molecule has 0 amide bonds. The second-order valence-corrected chi connectivity index (χ2v) is 7.21. The molecule has 138 valence electrons. The van der Waals surface area contributed by atoms with Gasteiger partial charge in [0, 0.05) is 11.4 Å². The third kappa shape index (κ3) is 3.84. The average Bonchev–Trinajstić information content (AvgIpc) is 2.53. The van der Waals surface area contributed by atoms with E-state index in [1.54, 1.807) is 0 Å². The van der Waals surface area contributed by atoms with Gasteiger partial charge in [-0.05, 0) is 70.2 Å². The molecule has 2 heteroatoms. The second-order valence-electron chi connectivity index (χ2n) is 7.21. The van der Waals surface area contributed by atoms with Crippen LogP contribution in [0.3, 0.4) is 0 Å². The van der Waals surface area contributed by atoms with Crippen molar-refractivity contribution < 1.29 is 0 Å². The van der Waals surface area contributed by atoms with E-state index in [1.807, 2.05) is 12.1 Å². The summed E-state index contributed by atoms with van der Waals surface area (Å²) in [5, 5.41) is 0. The topological polar surface area (TPSA) is 52.0 Å². The molecule has 0 fully saturated rings. The minimum absolute atomic E-state index is 0. The van der Waals surface area contributed by atoms with Gasteiger partial charge in [-0.1, -0.05) is 61.1 Å². The normalized spacial score (nSPS) is 11.0. The van der Waals surface area contributed by atoms with Gasteiger partial charge in [0.2, 0.25) is 0 Å². The summed E-state index contributed by atoms with van der Waals surface area (Å²) in [7, 11) is 0. The highest BCUT2D eigenvalue weighted by atomic mass is 14.6. The summed E-state index contributed by atoms with van der Waals surface area (Å²) in [5.74, 6) is 0.826. The van der Waals surface area contributed by atoms with E-state index in [9.17, 15) is 0 Å². The summed E-state index contributed by atoms with van der Waals surface area (Å²) in [6.07, 6.45) is 1.98. The van der Waals surface area contributed by atoms with Crippen molar-refractivity contribution in [3.63, 3.8) is 0 Å². The highest BCUT2D eigenvalue weighted by Crippen LogP contribution is 2.43. The maximum Gasteiger partial charge on any atom is 0.0390 e. The molecule has 0 atom stereocenters. The predicted octanol–water partition coefficient (Wildman–Crippen LogP) is 6.53. The monoisotopic (exact) mass is 340 g/mol. The van der Waals surface area contributed by atoms with E-state index >= 15 is 0 Å². The first-order valence-electron chi connectivity index (χ1n) is 9.16. The van der Waals surface area contributed by atoms with E-state index in [2.05, 4.69) is 53.7 Å². The van der Waals surface area contributed by atoms with Crippen LogP contribution in [0.2, 0.25) is 0 Å². The first-order chi connectivity index (χ1) is 11.3. The smallest absolute Gasteiger partial charge is 0.0390 e. The Morgan fingerprint density at radius 2 is 1.16 bits per heavy atom. The minimum Gasteiger partial charge on any atom is -0.399 e. The first-order valence-corrected chi connectivity index (χ1v) is 9.16. The third-order valence-corrected chi connectivity index (χ3v) is 4.90. The molecule has 0 heterocycles. The molecule has 2 nitrogen and oxygen atoms in total. The molecule has 0 saturated carbocycles. The molecule has 0 radical (unpaired) electrons. The lowest BCUT2D eigenvalue weighted by molar-refractivity contribution is 0.812. The number of benzene rings is 2. The fourth-order valence-electron chi connectivity index (χ4n) is 3.97. The van der Waals surface area contributed by atoms with Crippen molar-refractivity contribution in [1.29, 1.82) is 0 Å². The van der Waals surface area contributed by atoms with Crippen molar-refractivity contribution in [2.24, 2.45) is 0 Å². The zero-order chi connectivity index (χ0) is 18.0. The van der Waals surface area contributed by atoms with Crippen LogP contribution in [-0.2, 0) is 12.8 Å². The van der Waals surface area contributed by atoms with E-state index in [1.165, 1.54) is 33.4 Å². The number of nitrogens with two attached hydrogens (primary N) is 2. The molecule has 4 N–H and O–H groups in total. The van der Waals surface area contributed by atoms with Gasteiger partial charge in [-0.25, -0.2) is 0 Å². The zero-order valence-electron chi connectivity index (χ0n) is 16.0. The van der Waals surface area contributed by atoms with Crippen molar-refractivity contribution in [3.05, 3.63) is 46.5 Å². The van der Waals surface area contributed by atoms with Crippen LogP contribution in [0.25, 0.3) is 11.1 Å². The van der Waals surface area contributed by atoms with Crippen molar-refractivity contribution in [2.75, 3.05) is 11.5 Å². The molecule has 2 aromatic rings. The fraction of sp³-hybridized carbons (Fsp3) is 0.478.